The highest BCUT2D eigenvalue weighted by Gasteiger charge is 2.41. The van der Waals surface area contributed by atoms with Crippen LogP contribution in [0.2, 0.25) is 0 Å². The van der Waals surface area contributed by atoms with E-state index in [4.69, 9.17) is 5.11 Å². The SMILES string of the molecule is CC1(C)CN(C(=O)C2CC2)CCN1C(=O)CCc1ccc(C(=O)O)cc1. The molecule has 1 N–H and O–H groups in total. The van der Waals surface area contributed by atoms with Crippen LogP contribution in [-0.2, 0) is 16.0 Å². The number of aromatic carboxylic acids is 1. The van der Waals surface area contributed by atoms with E-state index in [0.717, 1.165) is 18.4 Å². The Kier molecular flexibility index (Phi) is 5.03. The minimum absolute atomic E-state index is 0.0795. The van der Waals surface area contributed by atoms with Gasteiger partial charge in [0.25, 0.3) is 0 Å². The van der Waals surface area contributed by atoms with Crippen molar-refractivity contribution >= 4 is 17.8 Å². The highest BCUT2D eigenvalue weighted by molar-refractivity contribution is 5.87. The second kappa shape index (κ2) is 7.09. The molecule has 2 amide bonds. The average Bonchev–Trinajstić information content (AvgIpc) is 3.43. The number of hydrogen-bond acceptors (Lipinski definition) is 3. The van der Waals surface area contributed by atoms with E-state index in [1.165, 1.54) is 0 Å². The lowest BCUT2D eigenvalue weighted by Crippen LogP contribution is -2.62. The summed E-state index contributed by atoms with van der Waals surface area (Å²) in [4.78, 5) is 39.7. The Morgan fingerprint density at radius 1 is 1.12 bits per heavy atom. The number of carboxylic acid groups (broad SMARTS) is 1. The second-order valence-electron chi connectivity index (χ2n) is 7.89. The van der Waals surface area contributed by atoms with Crippen molar-refractivity contribution in [2.75, 3.05) is 19.6 Å². The van der Waals surface area contributed by atoms with Crippen LogP contribution in [-0.4, -0.2) is 57.9 Å². The third kappa shape index (κ3) is 4.06. The van der Waals surface area contributed by atoms with Crippen LogP contribution in [0.3, 0.4) is 0 Å². The number of carboxylic acids is 1. The van der Waals surface area contributed by atoms with E-state index in [1.807, 2.05) is 23.6 Å². The molecular formula is C20H26N2O4. The number of rotatable bonds is 5. The van der Waals surface area contributed by atoms with E-state index in [1.54, 1.807) is 24.3 Å². The first-order valence-corrected chi connectivity index (χ1v) is 9.19. The van der Waals surface area contributed by atoms with E-state index < -0.39 is 5.97 Å². The van der Waals surface area contributed by atoms with Crippen LogP contribution in [0, 0.1) is 5.92 Å². The minimum atomic E-state index is -0.951. The topological polar surface area (TPSA) is 77.9 Å². The summed E-state index contributed by atoms with van der Waals surface area (Å²) in [6.07, 6.45) is 2.96. The Balaban J connectivity index is 1.55. The Bertz CT molecular complexity index is 707. The molecule has 1 aromatic rings. The number of nitrogens with zero attached hydrogens (tertiary/aromatic N) is 2. The second-order valence-corrected chi connectivity index (χ2v) is 7.89. The summed E-state index contributed by atoms with van der Waals surface area (Å²) in [6.45, 7) is 5.79. The Morgan fingerprint density at radius 3 is 2.31 bits per heavy atom. The van der Waals surface area contributed by atoms with Crippen LogP contribution in [0.4, 0.5) is 0 Å². The van der Waals surface area contributed by atoms with Gasteiger partial charge in [-0.1, -0.05) is 12.1 Å². The molecule has 1 saturated carbocycles. The van der Waals surface area contributed by atoms with E-state index in [2.05, 4.69) is 0 Å². The van der Waals surface area contributed by atoms with E-state index >= 15 is 0 Å². The lowest BCUT2D eigenvalue weighted by Gasteiger charge is -2.47. The first kappa shape index (κ1) is 18.4. The molecule has 1 aliphatic carbocycles. The summed E-state index contributed by atoms with van der Waals surface area (Å²) in [5.74, 6) is -0.422. The molecule has 0 bridgehead atoms. The molecule has 3 rings (SSSR count). The molecule has 2 aliphatic rings. The predicted octanol–water partition coefficient (Wildman–Crippen LogP) is 2.18. The van der Waals surface area contributed by atoms with Crippen molar-refractivity contribution in [1.29, 1.82) is 0 Å². The van der Waals surface area contributed by atoms with Gasteiger partial charge < -0.3 is 14.9 Å². The van der Waals surface area contributed by atoms with Crippen molar-refractivity contribution in [3.8, 4) is 0 Å². The summed E-state index contributed by atoms with van der Waals surface area (Å²) >= 11 is 0. The van der Waals surface area contributed by atoms with Gasteiger partial charge in [0.1, 0.15) is 0 Å². The summed E-state index contributed by atoms with van der Waals surface area (Å²) < 4.78 is 0. The van der Waals surface area contributed by atoms with Gasteiger partial charge >= 0.3 is 5.97 Å². The molecule has 2 fully saturated rings. The zero-order valence-corrected chi connectivity index (χ0v) is 15.4. The van der Waals surface area contributed by atoms with Crippen LogP contribution in [0.5, 0.6) is 0 Å². The van der Waals surface area contributed by atoms with Crippen LogP contribution in [0.25, 0.3) is 0 Å². The van der Waals surface area contributed by atoms with Crippen molar-refractivity contribution in [2.24, 2.45) is 5.92 Å². The Labute approximate surface area is 153 Å². The molecule has 1 saturated heterocycles. The molecule has 26 heavy (non-hydrogen) atoms. The Morgan fingerprint density at radius 2 is 1.77 bits per heavy atom. The third-order valence-electron chi connectivity index (χ3n) is 5.27. The first-order valence-electron chi connectivity index (χ1n) is 9.19. The van der Waals surface area contributed by atoms with Crippen molar-refractivity contribution in [3.63, 3.8) is 0 Å². The molecule has 140 valence electrons. The number of piperazine rings is 1. The lowest BCUT2D eigenvalue weighted by atomic mass is 9.97. The van der Waals surface area contributed by atoms with Crippen LogP contribution in [0.1, 0.15) is 49.0 Å². The third-order valence-corrected chi connectivity index (χ3v) is 5.27. The molecular weight excluding hydrogens is 332 g/mol. The Hall–Kier alpha value is -2.37. The monoisotopic (exact) mass is 358 g/mol. The van der Waals surface area contributed by atoms with Crippen molar-refractivity contribution in [1.82, 2.24) is 9.80 Å². The summed E-state index contributed by atoms with van der Waals surface area (Å²) in [7, 11) is 0. The van der Waals surface area contributed by atoms with Crippen LogP contribution in [0.15, 0.2) is 24.3 Å². The zero-order chi connectivity index (χ0) is 18.9. The fourth-order valence-corrected chi connectivity index (χ4v) is 3.59. The van der Waals surface area contributed by atoms with Crippen molar-refractivity contribution in [2.45, 2.75) is 45.1 Å². The fourth-order valence-electron chi connectivity index (χ4n) is 3.59. The zero-order valence-electron chi connectivity index (χ0n) is 15.4. The van der Waals surface area contributed by atoms with Gasteiger partial charge in [-0.25, -0.2) is 4.79 Å². The van der Waals surface area contributed by atoms with Crippen LogP contribution >= 0.6 is 0 Å². The average molecular weight is 358 g/mol. The van der Waals surface area contributed by atoms with Gasteiger partial charge in [0.2, 0.25) is 11.8 Å². The molecule has 0 radical (unpaired) electrons. The van der Waals surface area contributed by atoms with Crippen molar-refractivity contribution in [3.05, 3.63) is 35.4 Å². The number of carbonyl (C=O) groups excluding carboxylic acids is 2. The maximum absolute atomic E-state index is 12.7. The molecule has 6 heteroatoms. The summed E-state index contributed by atoms with van der Waals surface area (Å²) in [6, 6.07) is 6.64. The van der Waals surface area contributed by atoms with Gasteiger partial charge in [-0.15, -0.1) is 0 Å². The first-order chi connectivity index (χ1) is 12.3. The van der Waals surface area contributed by atoms with Gasteiger partial charge in [0.05, 0.1) is 11.1 Å². The highest BCUT2D eigenvalue weighted by Crippen LogP contribution is 2.33. The highest BCUT2D eigenvalue weighted by atomic mass is 16.4. The molecule has 6 nitrogen and oxygen atoms in total. The van der Waals surface area contributed by atoms with Gasteiger partial charge in [-0.05, 0) is 50.8 Å². The molecule has 0 spiro atoms. The van der Waals surface area contributed by atoms with Gasteiger partial charge in [0, 0.05) is 32.0 Å². The van der Waals surface area contributed by atoms with Gasteiger partial charge in [0.15, 0.2) is 0 Å². The van der Waals surface area contributed by atoms with Crippen molar-refractivity contribution < 1.29 is 19.5 Å². The molecule has 0 atom stereocenters. The van der Waals surface area contributed by atoms with Gasteiger partial charge in [-0.3, -0.25) is 9.59 Å². The number of aryl methyl sites for hydroxylation is 1. The number of amides is 2. The number of carbonyl (C=O) groups is 3. The van der Waals surface area contributed by atoms with E-state index in [-0.39, 0.29) is 28.8 Å². The fraction of sp³-hybridized carbons (Fsp3) is 0.550. The smallest absolute Gasteiger partial charge is 0.335 e. The van der Waals surface area contributed by atoms with E-state index in [9.17, 15) is 14.4 Å². The lowest BCUT2D eigenvalue weighted by molar-refractivity contribution is -0.148. The maximum atomic E-state index is 12.7. The molecule has 1 heterocycles. The van der Waals surface area contributed by atoms with Crippen LogP contribution < -0.4 is 0 Å². The quantitative estimate of drug-likeness (QED) is 0.875. The predicted molar refractivity (Wildman–Crippen MR) is 96.8 cm³/mol. The maximum Gasteiger partial charge on any atom is 0.335 e. The summed E-state index contributed by atoms with van der Waals surface area (Å²) in [5, 5.41) is 8.93. The number of hydrogen-bond donors (Lipinski definition) is 1. The molecule has 0 unspecified atom stereocenters. The number of benzene rings is 1. The summed E-state index contributed by atoms with van der Waals surface area (Å²) in [5.41, 5.74) is 0.828. The minimum Gasteiger partial charge on any atom is -0.478 e. The molecule has 1 aliphatic heterocycles. The largest absolute Gasteiger partial charge is 0.478 e. The van der Waals surface area contributed by atoms with E-state index in [0.29, 0.717) is 32.5 Å². The standard InChI is InChI=1S/C20H26N2O4/c1-20(2)13-21(18(24)15-8-9-15)11-12-22(20)17(23)10-5-14-3-6-16(7-4-14)19(25)26/h3-4,6-7,15H,5,8-13H2,1-2H3,(H,25,26). The molecule has 0 aromatic heterocycles. The molecule has 1 aromatic carbocycles. The van der Waals surface area contributed by atoms with Gasteiger partial charge in [-0.2, -0.15) is 0 Å². The normalized spacial score (nSPS) is 19.3.